The third kappa shape index (κ3) is 3.23. The molecule has 1 aromatic carbocycles. The summed E-state index contributed by atoms with van der Waals surface area (Å²) in [6.07, 6.45) is 0.949. The lowest BCUT2D eigenvalue weighted by Crippen LogP contribution is -2.22. The van der Waals surface area contributed by atoms with E-state index in [2.05, 4.69) is 18.3 Å². The molecule has 1 amide bonds. The fraction of sp³-hybridized carbons (Fsp3) is 0.267. The lowest BCUT2D eigenvalue weighted by Gasteiger charge is -2.08. The number of benzene rings is 1. The molecule has 0 spiro atoms. The summed E-state index contributed by atoms with van der Waals surface area (Å²) >= 11 is 0. The number of nitrogens with two attached hydrogens (primary N) is 1. The SMILES string of the molecule is CCc1ccccc1CNC(=O)c1ccc(CN)o1. The second-order valence-electron chi connectivity index (χ2n) is 4.28. The van der Waals surface area contributed by atoms with E-state index in [1.54, 1.807) is 12.1 Å². The van der Waals surface area contributed by atoms with E-state index in [1.807, 2.05) is 18.2 Å². The van der Waals surface area contributed by atoms with E-state index >= 15 is 0 Å². The highest BCUT2D eigenvalue weighted by molar-refractivity contribution is 5.91. The van der Waals surface area contributed by atoms with Gasteiger partial charge in [-0.3, -0.25) is 4.79 Å². The first-order valence-corrected chi connectivity index (χ1v) is 6.38. The van der Waals surface area contributed by atoms with Crippen molar-refractivity contribution in [1.82, 2.24) is 5.32 Å². The Kier molecular flexibility index (Phi) is 4.36. The van der Waals surface area contributed by atoms with Crippen LogP contribution in [0.4, 0.5) is 0 Å². The van der Waals surface area contributed by atoms with Crippen LogP contribution in [0.2, 0.25) is 0 Å². The van der Waals surface area contributed by atoms with Crippen molar-refractivity contribution in [3.8, 4) is 0 Å². The van der Waals surface area contributed by atoms with Crippen LogP contribution in [0.25, 0.3) is 0 Å². The van der Waals surface area contributed by atoms with E-state index in [9.17, 15) is 4.79 Å². The van der Waals surface area contributed by atoms with Crippen LogP contribution in [-0.4, -0.2) is 5.91 Å². The number of hydrogen-bond donors (Lipinski definition) is 2. The predicted molar refractivity (Wildman–Crippen MR) is 73.6 cm³/mol. The maximum absolute atomic E-state index is 11.9. The largest absolute Gasteiger partial charge is 0.455 e. The molecule has 1 aromatic heterocycles. The summed E-state index contributed by atoms with van der Waals surface area (Å²) in [5.41, 5.74) is 7.81. The average Bonchev–Trinajstić information content (AvgIpc) is 2.94. The molecule has 0 saturated carbocycles. The summed E-state index contributed by atoms with van der Waals surface area (Å²) in [7, 11) is 0. The maximum atomic E-state index is 11.9. The average molecular weight is 258 g/mol. The van der Waals surface area contributed by atoms with Gasteiger partial charge in [-0.05, 0) is 29.7 Å². The molecular weight excluding hydrogens is 240 g/mol. The van der Waals surface area contributed by atoms with Gasteiger partial charge in [0.05, 0.1) is 6.54 Å². The third-order valence-corrected chi connectivity index (χ3v) is 3.03. The van der Waals surface area contributed by atoms with E-state index in [-0.39, 0.29) is 5.91 Å². The van der Waals surface area contributed by atoms with Gasteiger partial charge in [0.15, 0.2) is 5.76 Å². The zero-order chi connectivity index (χ0) is 13.7. The first-order chi connectivity index (χ1) is 9.24. The lowest BCUT2D eigenvalue weighted by atomic mass is 10.1. The fourth-order valence-electron chi connectivity index (χ4n) is 1.95. The van der Waals surface area contributed by atoms with Crippen LogP contribution in [0.15, 0.2) is 40.8 Å². The Morgan fingerprint density at radius 3 is 2.58 bits per heavy atom. The highest BCUT2D eigenvalue weighted by Gasteiger charge is 2.10. The molecule has 0 fully saturated rings. The van der Waals surface area contributed by atoms with Gasteiger partial charge in [0.2, 0.25) is 0 Å². The molecule has 0 bridgehead atoms. The molecule has 100 valence electrons. The van der Waals surface area contributed by atoms with Crippen molar-refractivity contribution >= 4 is 5.91 Å². The molecule has 19 heavy (non-hydrogen) atoms. The van der Waals surface area contributed by atoms with Crippen LogP contribution >= 0.6 is 0 Å². The molecule has 0 saturated heterocycles. The molecule has 2 aromatic rings. The van der Waals surface area contributed by atoms with Gasteiger partial charge in [0.1, 0.15) is 5.76 Å². The number of carbonyl (C=O) groups excluding carboxylic acids is 1. The second kappa shape index (κ2) is 6.20. The molecule has 0 aliphatic heterocycles. The number of aryl methyl sites for hydroxylation is 1. The number of amides is 1. The van der Waals surface area contributed by atoms with Gasteiger partial charge in [0.25, 0.3) is 5.91 Å². The van der Waals surface area contributed by atoms with Gasteiger partial charge < -0.3 is 15.5 Å². The van der Waals surface area contributed by atoms with Crippen molar-refractivity contribution in [2.75, 3.05) is 0 Å². The molecule has 0 atom stereocenters. The molecule has 0 aliphatic rings. The number of rotatable bonds is 5. The topological polar surface area (TPSA) is 68.3 Å². The van der Waals surface area contributed by atoms with Gasteiger partial charge in [-0.2, -0.15) is 0 Å². The number of nitrogens with one attached hydrogen (secondary N) is 1. The van der Waals surface area contributed by atoms with Crippen molar-refractivity contribution in [3.63, 3.8) is 0 Å². The lowest BCUT2D eigenvalue weighted by molar-refractivity contribution is 0.0921. The zero-order valence-electron chi connectivity index (χ0n) is 11.0. The Morgan fingerprint density at radius 1 is 1.21 bits per heavy atom. The van der Waals surface area contributed by atoms with Crippen molar-refractivity contribution in [3.05, 3.63) is 59.0 Å². The quantitative estimate of drug-likeness (QED) is 0.864. The predicted octanol–water partition coefficient (Wildman–Crippen LogP) is 2.23. The van der Waals surface area contributed by atoms with Crippen LogP contribution in [0.3, 0.4) is 0 Å². The highest BCUT2D eigenvalue weighted by Crippen LogP contribution is 2.10. The first-order valence-electron chi connectivity index (χ1n) is 6.38. The molecule has 4 nitrogen and oxygen atoms in total. The molecule has 0 aliphatic carbocycles. The highest BCUT2D eigenvalue weighted by atomic mass is 16.4. The Balaban J connectivity index is 2.00. The molecule has 3 N–H and O–H groups in total. The monoisotopic (exact) mass is 258 g/mol. The Bertz CT molecular complexity index is 561. The van der Waals surface area contributed by atoms with E-state index in [1.165, 1.54) is 5.56 Å². The first kappa shape index (κ1) is 13.4. The van der Waals surface area contributed by atoms with Crippen LogP contribution < -0.4 is 11.1 Å². The van der Waals surface area contributed by atoms with Gasteiger partial charge in [0, 0.05) is 6.54 Å². The van der Waals surface area contributed by atoms with Crippen molar-refractivity contribution in [2.24, 2.45) is 5.73 Å². The molecular formula is C15H18N2O2. The van der Waals surface area contributed by atoms with Crippen LogP contribution in [-0.2, 0) is 19.5 Å². The Morgan fingerprint density at radius 2 is 1.95 bits per heavy atom. The zero-order valence-corrected chi connectivity index (χ0v) is 11.0. The van der Waals surface area contributed by atoms with Crippen molar-refractivity contribution in [2.45, 2.75) is 26.4 Å². The van der Waals surface area contributed by atoms with Crippen molar-refractivity contribution < 1.29 is 9.21 Å². The molecule has 0 unspecified atom stereocenters. The Hall–Kier alpha value is -2.07. The van der Waals surface area contributed by atoms with Crippen LogP contribution in [0, 0.1) is 0 Å². The van der Waals surface area contributed by atoms with E-state index in [0.29, 0.717) is 24.6 Å². The van der Waals surface area contributed by atoms with Gasteiger partial charge >= 0.3 is 0 Å². The molecule has 1 heterocycles. The smallest absolute Gasteiger partial charge is 0.287 e. The minimum absolute atomic E-state index is 0.217. The van der Waals surface area contributed by atoms with Crippen LogP contribution in [0.5, 0.6) is 0 Å². The summed E-state index contributed by atoms with van der Waals surface area (Å²) < 4.78 is 5.30. The molecule has 2 rings (SSSR count). The summed E-state index contributed by atoms with van der Waals surface area (Å²) in [6.45, 7) is 2.90. The van der Waals surface area contributed by atoms with Crippen LogP contribution in [0.1, 0.15) is 34.4 Å². The summed E-state index contributed by atoms with van der Waals surface area (Å²) in [5.74, 6) is 0.694. The van der Waals surface area contributed by atoms with E-state index < -0.39 is 0 Å². The van der Waals surface area contributed by atoms with Gasteiger partial charge in [-0.1, -0.05) is 31.2 Å². The molecule has 4 heteroatoms. The van der Waals surface area contributed by atoms with Crippen molar-refractivity contribution in [1.29, 1.82) is 0 Å². The maximum Gasteiger partial charge on any atom is 0.287 e. The summed E-state index contributed by atoms with van der Waals surface area (Å²) in [4.78, 5) is 11.9. The number of hydrogen-bond acceptors (Lipinski definition) is 3. The molecule has 0 radical (unpaired) electrons. The number of carbonyl (C=O) groups is 1. The summed E-state index contributed by atoms with van der Waals surface area (Å²) in [5, 5.41) is 2.85. The Labute approximate surface area is 112 Å². The number of furan rings is 1. The third-order valence-electron chi connectivity index (χ3n) is 3.03. The fourth-order valence-corrected chi connectivity index (χ4v) is 1.95. The minimum atomic E-state index is -0.217. The van der Waals surface area contributed by atoms with E-state index in [4.69, 9.17) is 10.2 Å². The van der Waals surface area contributed by atoms with Gasteiger partial charge in [-0.15, -0.1) is 0 Å². The summed E-state index contributed by atoms with van der Waals surface area (Å²) in [6, 6.07) is 11.4. The minimum Gasteiger partial charge on any atom is -0.455 e. The van der Waals surface area contributed by atoms with Gasteiger partial charge in [-0.25, -0.2) is 0 Å². The normalized spacial score (nSPS) is 10.4. The second-order valence-corrected chi connectivity index (χ2v) is 4.28. The standard InChI is InChI=1S/C15H18N2O2/c1-2-11-5-3-4-6-12(11)10-17-15(18)14-8-7-13(9-16)19-14/h3-8H,2,9-10,16H2,1H3,(H,17,18). The van der Waals surface area contributed by atoms with E-state index in [0.717, 1.165) is 12.0 Å².